The van der Waals surface area contributed by atoms with Gasteiger partial charge in [0.2, 0.25) is 6.10 Å². The van der Waals surface area contributed by atoms with Gasteiger partial charge in [-0.05, 0) is 43.7 Å². The zero-order valence-electron chi connectivity index (χ0n) is 13.7. The molecule has 1 aliphatic rings. The third kappa shape index (κ3) is 2.76. The highest BCUT2D eigenvalue weighted by Gasteiger charge is 2.29. The van der Waals surface area contributed by atoms with E-state index in [1.54, 1.807) is 18.2 Å². The Bertz CT molecular complexity index is 961. The van der Waals surface area contributed by atoms with Gasteiger partial charge in [0.15, 0.2) is 0 Å². The smallest absolute Gasteiger partial charge is 0.270 e. The number of nitrogens with one attached hydrogen (secondary N) is 1. The van der Waals surface area contributed by atoms with E-state index in [0.29, 0.717) is 22.0 Å². The topological polar surface area (TPSA) is 64.4 Å². The molecule has 0 aliphatic carbocycles. The summed E-state index contributed by atoms with van der Waals surface area (Å²) in [6, 6.07) is 12.7. The molecule has 5 nitrogen and oxygen atoms in total. The lowest BCUT2D eigenvalue weighted by atomic mass is 10.0. The largest absolute Gasteiger partial charge is 0.474 e. The molecule has 4 rings (SSSR count). The van der Waals surface area contributed by atoms with Gasteiger partial charge in [0.1, 0.15) is 11.5 Å². The maximum absolute atomic E-state index is 12.4. The van der Waals surface area contributed by atoms with Crippen LogP contribution in [0.15, 0.2) is 47.0 Å². The Labute approximate surface area is 149 Å². The SMILES string of the molecule is Cc1noc(C)c1-c1ccc2c(c1)OC(c1cccc(Cl)c1)C(=O)N2. The lowest BCUT2D eigenvalue weighted by Gasteiger charge is -2.26. The molecule has 25 heavy (non-hydrogen) atoms. The molecule has 6 heteroatoms. The zero-order chi connectivity index (χ0) is 17.6. The summed E-state index contributed by atoms with van der Waals surface area (Å²) in [4.78, 5) is 12.4. The Balaban J connectivity index is 1.74. The molecule has 1 aromatic heterocycles. The average Bonchev–Trinajstić information content (AvgIpc) is 2.92. The molecule has 1 atom stereocenters. The van der Waals surface area contributed by atoms with Gasteiger partial charge in [-0.3, -0.25) is 4.79 Å². The van der Waals surface area contributed by atoms with E-state index in [2.05, 4.69) is 10.5 Å². The first-order valence-electron chi connectivity index (χ1n) is 7.83. The van der Waals surface area contributed by atoms with Crippen LogP contribution in [0.4, 0.5) is 5.69 Å². The monoisotopic (exact) mass is 354 g/mol. The van der Waals surface area contributed by atoms with E-state index in [-0.39, 0.29) is 5.91 Å². The van der Waals surface area contributed by atoms with Gasteiger partial charge in [-0.1, -0.05) is 35.0 Å². The summed E-state index contributed by atoms with van der Waals surface area (Å²) in [6.07, 6.45) is -0.744. The van der Waals surface area contributed by atoms with Crippen molar-refractivity contribution in [3.63, 3.8) is 0 Å². The van der Waals surface area contributed by atoms with Crippen LogP contribution < -0.4 is 10.1 Å². The predicted octanol–water partition coefficient (Wildman–Crippen LogP) is 4.68. The quantitative estimate of drug-likeness (QED) is 0.725. The minimum absolute atomic E-state index is 0.222. The molecule has 0 saturated heterocycles. The number of hydrogen-bond acceptors (Lipinski definition) is 4. The molecule has 126 valence electrons. The van der Waals surface area contributed by atoms with Crippen molar-refractivity contribution in [2.45, 2.75) is 20.0 Å². The van der Waals surface area contributed by atoms with Crippen LogP contribution in [0.1, 0.15) is 23.1 Å². The van der Waals surface area contributed by atoms with Gasteiger partial charge in [0.05, 0.1) is 11.4 Å². The van der Waals surface area contributed by atoms with Crippen molar-refractivity contribution in [3.05, 3.63) is 64.5 Å². The average molecular weight is 355 g/mol. The Kier molecular flexibility index (Phi) is 3.73. The maximum Gasteiger partial charge on any atom is 0.270 e. The molecule has 0 spiro atoms. The normalized spacial score (nSPS) is 16.1. The summed E-state index contributed by atoms with van der Waals surface area (Å²) < 4.78 is 11.2. The van der Waals surface area contributed by atoms with E-state index in [1.165, 1.54) is 0 Å². The van der Waals surface area contributed by atoms with Crippen LogP contribution in [-0.2, 0) is 4.79 Å². The van der Waals surface area contributed by atoms with E-state index in [9.17, 15) is 4.79 Å². The van der Waals surface area contributed by atoms with Crippen LogP contribution in [-0.4, -0.2) is 11.1 Å². The van der Waals surface area contributed by atoms with Crippen molar-refractivity contribution in [2.75, 3.05) is 5.32 Å². The Morgan fingerprint density at radius 1 is 1.16 bits per heavy atom. The van der Waals surface area contributed by atoms with E-state index in [1.807, 2.05) is 38.1 Å². The molecule has 0 fully saturated rings. The summed E-state index contributed by atoms with van der Waals surface area (Å²) in [5, 5.41) is 7.43. The van der Waals surface area contributed by atoms with Crippen molar-refractivity contribution in [1.82, 2.24) is 5.16 Å². The summed E-state index contributed by atoms with van der Waals surface area (Å²) in [5.41, 5.74) is 4.01. The van der Waals surface area contributed by atoms with E-state index < -0.39 is 6.10 Å². The number of carbonyl (C=O) groups is 1. The third-order valence-electron chi connectivity index (χ3n) is 4.20. The van der Waals surface area contributed by atoms with Crippen LogP contribution >= 0.6 is 11.6 Å². The number of fused-ring (bicyclic) bond motifs is 1. The zero-order valence-corrected chi connectivity index (χ0v) is 14.4. The number of rotatable bonds is 2. The van der Waals surface area contributed by atoms with Crippen LogP contribution in [0.2, 0.25) is 5.02 Å². The third-order valence-corrected chi connectivity index (χ3v) is 4.43. The Morgan fingerprint density at radius 2 is 2.00 bits per heavy atom. The van der Waals surface area contributed by atoms with Crippen molar-refractivity contribution < 1.29 is 14.1 Å². The van der Waals surface area contributed by atoms with Gasteiger partial charge in [-0.15, -0.1) is 0 Å². The number of anilines is 1. The fourth-order valence-electron chi connectivity index (χ4n) is 3.04. The molecule has 3 aromatic rings. The number of aromatic nitrogens is 1. The van der Waals surface area contributed by atoms with Crippen molar-refractivity contribution in [2.24, 2.45) is 0 Å². The van der Waals surface area contributed by atoms with Crippen LogP contribution in [0.5, 0.6) is 5.75 Å². The summed E-state index contributed by atoms with van der Waals surface area (Å²) in [5.74, 6) is 1.12. The minimum Gasteiger partial charge on any atom is -0.474 e. The summed E-state index contributed by atoms with van der Waals surface area (Å²) >= 11 is 6.03. The Hall–Kier alpha value is -2.79. The molecule has 0 radical (unpaired) electrons. The number of benzene rings is 2. The number of nitrogens with zero attached hydrogens (tertiary/aromatic N) is 1. The van der Waals surface area contributed by atoms with Gasteiger partial charge < -0.3 is 14.6 Å². The first-order chi connectivity index (χ1) is 12.0. The number of hydrogen-bond donors (Lipinski definition) is 1. The van der Waals surface area contributed by atoms with Crippen LogP contribution in [0.3, 0.4) is 0 Å². The standard InChI is InChI=1S/C19H15ClN2O3/c1-10-17(11(2)25-22-10)12-6-7-15-16(9-12)24-18(19(23)21-15)13-4-3-5-14(20)8-13/h3-9,18H,1-2H3,(H,21,23). The first kappa shape index (κ1) is 15.7. The van der Waals surface area contributed by atoms with E-state index in [0.717, 1.165) is 22.6 Å². The molecular weight excluding hydrogens is 340 g/mol. The molecule has 1 N–H and O–H groups in total. The van der Waals surface area contributed by atoms with Crippen molar-refractivity contribution >= 4 is 23.2 Å². The number of carbonyl (C=O) groups excluding carboxylic acids is 1. The molecule has 2 aromatic carbocycles. The minimum atomic E-state index is -0.744. The number of halogens is 1. The first-order valence-corrected chi connectivity index (χ1v) is 8.21. The van der Waals surface area contributed by atoms with Gasteiger partial charge in [-0.25, -0.2) is 0 Å². The second kappa shape index (κ2) is 5.93. The molecule has 2 heterocycles. The Morgan fingerprint density at radius 3 is 2.72 bits per heavy atom. The van der Waals surface area contributed by atoms with Gasteiger partial charge in [-0.2, -0.15) is 0 Å². The lowest BCUT2D eigenvalue weighted by Crippen LogP contribution is -2.30. The van der Waals surface area contributed by atoms with Gasteiger partial charge in [0.25, 0.3) is 5.91 Å². The molecule has 1 amide bonds. The van der Waals surface area contributed by atoms with E-state index >= 15 is 0 Å². The van der Waals surface area contributed by atoms with Crippen molar-refractivity contribution in [3.8, 4) is 16.9 Å². The molecule has 0 bridgehead atoms. The lowest BCUT2D eigenvalue weighted by molar-refractivity contribution is -0.123. The second-order valence-electron chi connectivity index (χ2n) is 5.95. The van der Waals surface area contributed by atoms with Crippen LogP contribution in [0.25, 0.3) is 11.1 Å². The van der Waals surface area contributed by atoms with Crippen molar-refractivity contribution in [1.29, 1.82) is 0 Å². The highest BCUT2D eigenvalue weighted by molar-refractivity contribution is 6.30. The van der Waals surface area contributed by atoms with E-state index in [4.69, 9.17) is 20.9 Å². The number of amides is 1. The molecule has 1 aliphatic heterocycles. The number of ether oxygens (including phenoxy) is 1. The molecule has 1 unspecified atom stereocenters. The maximum atomic E-state index is 12.4. The highest BCUT2D eigenvalue weighted by atomic mass is 35.5. The highest BCUT2D eigenvalue weighted by Crippen LogP contribution is 2.39. The van der Waals surface area contributed by atoms with Gasteiger partial charge >= 0.3 is 0 Å². The van der Waals surface area contributed by atoms with Crippen LogP contribution in [0, 0.1) is 13.8 Å². The van der Waals surface area contributed by atoms with Gasteiger partial charge in [0, 0.05) is 16.1 Å². The summed E-state index contributed by atoms with van der Waals surface area (Å²) in [7, 11) is 0. The summed E-state index contributed by atoms with van der Waals surface area (Å²) in [6.45, 7) is 3.76. The fourth-order valence-corrected chi connectivity index (χ4v) is 3.24. The fraction of sp³-hybridized carbons (Fsp3) is 0.158. The number of aryl methyl sites for hydroxylation is 2. The molecule has 0 saturated carbocycles. The molecular formula is C19H15ClN2O3. The second-order valence-corrected chi connectivity index (χ2v) is 6.39. The predicted molar refractivity (Wildman–Crippen MR) is 94.9 cm³/mol.